The Morgan fingerprint density at radius 3 is 1.25 bits per heavy atom. The van der Waals surface area contributed by atoms with Gasteiger partial charge in [-0.05, 0) is 0 Å². The second-order valence-corrected chi connectivity index (χ2v) is 0. The third kappa shape index (κ3) is 8.89. The Morgan fingerprint density at radius 2 is 1.25 bits per heavy atom. The first-order valence-corrected chi connectivity index (χ1v) is 9.18. The first-order valence-electron chi connectivity index (χ1n) is 0.645. The van der Waals surface area contributed by atoms with Gasteiger partial charge in [-0.2, -0.15) is 0 Å². The Hall–Kier alpha value is 2.18. The molecule has 0 aromatic carbocycles. The number of halogens is 2. The van der Waals surface area contributed by atoms with Crippen LogP contribution in [0.1, 0.15) is 0 Å². The van der Waals surface area contributed by atoms with Crippen LogP contribution in [-0.4, -0.2) is 15.8 Å². The average molecular weight is 232 g/mol. The van der Waals surface area contributed by atoms with Gasteiger partial charge in [-0.3, -0.25) is 0 Å². The molecule has 0 atom stereocenters. The van der Waals surface area contributed by atoms with Gasteiger partial charge in [-0.25, -0.2) is 0 Å². The second kappa shape index (κ2) is 19.0. The van der Waals surface area contributed by atoms with Crippen molar-refractivity contribution in [3.8, 4) is 0 Å². The zero-order valence-electron chi connectivity index (χ0n) is 2.46. The minimum atomic E-state index is 1.19. The van der Waals surface area contributed by atoms with Crippen LogP contribution in [0.3, 0.4) is 0 Å². The molecule has 0 rings (SSSR count). The van der Waals surface area contributed by atoms with Crippen molar-refractivity contribution < 1.29 is 16.3 Å². The molecular weight excluding hydrogens is 232 g/mol. The molecule has 0 radical (unpaired) electrons. The van der Waals surface area contributed by atoms with Gasteiger partial charge in [0, 0.05) is 0 Å². The normalized spacial score (nSPS) is 3.50. The monoisotopic (exact) mass is 229 g/mol. The van der Waals surface area contributed by atoms with Gasteiger partial charge in [0.2, 0.25) is 0 Å². The molecule has 0 N–H and O–H groups in total. The molecule has 4 heavy (non-hydrogen) atoms. The van der Waals surface area contributed by atoms with E-state index >= 15 is 0 Å². The van der Waals surface area contributed by atoms with E-state index in [2.05, 4.69) is 27.4 Å². The third-order valence-electron chi connectivity index (χ3n) is 0. The minimum absolute atomic E-state index is 1.19. The van der Waals surface area contributed by atoms with E-state index in [4.69, 9.17) is 0 Å². The summed E-state index contributed by atoms with van der Waals surface area (Å²) in [5, 5.41) is 0. The summed E-state index contributed by atoms with van der Waals surface area (Å²) in [6.07, 6.45) is 0. The van der Waals surface area contributed by atoms with Crippen molar-refractivity contribution in [2.45, 2.75) is 0 Å². The van der Waals surface area contributed by atoms with E-state index in [0.29, 0.717) is 0 Å². The van der Waals surface area contributed by atoms with Crippen LogP contribution in [0.4, 0.5) is 0 Å². The predicted molar refractivity (Wildman–Crippen MR) is 23.6 cm³/mol. The van der Waals surface area contributed by atoms with Crippen molar-refractivity contribution in [2.24, 2.45) is 0 Å². The second-order valence-electron chi connectivity index (χ2n) is 0. The van der Waals surface area contributed by atoms with Gasteiger partial charge in [0.1, 0.15) is 0 Å². The first-order chi connectivity index (χ1) is 2.00. The zero-order chi connectivity index (χ0) is 4.00. The van der Waals surface area contributed by atoms with E-state index in [1.807, 2.05) is 15.8 Å². The number of hydrogen-bond acceptors (Lipinski definition) is 0. The van der Waals surface area contributed by atoms with Crippen molar-refractivity contribution >= 4 is 43.2 Å². The van der Waals surface area contributed by atoms with Crippen LogP contribution in [0, 0.1) is 0 Å². The molecule has 0 bridgehead atoms. The molecule has 4 heteroatoms. The van der Waals surface area contributed by atoms with E-state index in [9.17, 15) is 0 Å². The molecule has 17 valence electrons. The van der Waals surface area contributed by atoms with Gasteiger partial charge in [-0.15, -0.1) is 0 Å². The average Bonchev–Trinajstić information content (AvgIpc) is 1.50. The molecule has 0 fully saturated rings. The van der Waals surface area contributed by atoms with E-state index in [1.54, 1.807) is 0 Å². The molecular formula is Br2LiZn. The fourth-order valence-electron chi connectivity index (χ4n) is 0. The van der Waals surface area contributed by atoms with Crippen LogP contribution in [-0.2, 0) is 16.3 Å². The maximum atomic E-state index is 3.06. The topological polar surface area (TPSA) is 0 Å². The van der Waals surface area contributed by atoms with Gasteiger partial charge >= 0.3 is 59.5 Å². The summed E-state index contributed by atoms with van der Waals surface area (Å²) in [7, 11) is 0. The zero-order valence-corrected chi connectivity index (χ0v) is 8.60. The summed E-state index contributed by atoms with van der Waals surface area (Å²) in [4.78, 5) is 0. The molecule has 0 aromatic heterocycles. The quantitative estimate of drug-likeness (QED) is 0.552. The number of rotatable bonds is 0. The summed E-state index contributed by atoms with van der Waals surface area (Å²) in [6.45, 7) is 0. The van der Waals surface area contributed by atoms with Crippen molar-refractivity contribution in [1.82, 2.24) is 0 Å². The van der Waals surface area contributed by atoms with Crippen LogP contribution in [0.5, 0.6) is 0 Å². The summed E-state index contributed by atoms with van der Waals surface area (Å²) < 4.78 is 0. The Morgan fingerprint density at radius 1 is 1.25 bits per heavy atom. The van der Waals surface area contributed by atoms with Crippen molar-refractivity contribution in [2.75, 3.05) is 0 Å². The van der Waals surface area contributed by atoms with Gasteiger partial charge < -0.3 is 0 Å². The van der Waals surface area contributed by atoms with Crippen LogP contribution in [0.25, 0.3) is 0 Å². The molecule has 0 saturated heterocycles. The summed E-state index contributed by atoms with van der Waals surface area (Å²) in [5.41, 5.74) is 0. The first kappa shape index (κ1) is 9.49. The molecule has 0 aliphatic heterocycles. The van der Waals surface area contributed by atoms with Crippen LogP contribution < -0.4 is 0 Å². The molecule has 0 nitrogen and oxygen atoms in total. The molecule has 0 heterocycles. The van der Waals surface area contributed by atoms with E-state index in [0.717, 1.165) is 0 Å². The SMILES string of the molecule is [Li][Br].[Zn][Br]. The summed E-state index contributed by atoms with van der Waals surface area (Å²) in [5.74, 6) is 0. The molecule has 0 saturated carbocycles. The van der Waals surface area contributed by atoms with Crippen LogP contribution >= 0.6 is 27.4 Å². The molecule has 0 unspecified atom stereocenters. The maximum absolute atomic E-state index is 3.06. The Bertz CT molecular complexity index is 6.00. The van der Waals surface area contributed by atoms with Gasteiger partial charge in [-0.1, -0.05) is 0 Å². The van der Waals surface area contributed by atoms with Gasteiger partial charge in [0.15, 0.2) is 0 Å². The fraction of sp³-hybridized carbons (Fsp3) is 0. The fourth-order valence-corrected chi connectivity index (χ4v) is 0. The molecule has 0 amide bonds. The Kier molecular flexibility index (Phi) is 45.2. The van der Waals surface area contributed by atoms with Gasteiger partial charge in [0.25, 0.3) is 0 Å². The summed E-state index contributed by atoms with van der Waals surface area (Å²) >= 11 is 9.00. The van der Waals surface area contributed by atoms with Gasteiger partial charge in [0.05, 0.1) is 0 Å². The van der Waals surface area contributed by atoms with Crippen molar-refractivity contribution in [3.05, 3.63) is 0 Å². The third-order valence-corrected chi connectivity index (χ3v) is 0. The summed E-state index contributed by atoms with van der Waals surface area (Å²) in [6, 6.07) is 0. The van der Waals surface area contributed by atoms with E-state index < -0.39 is 0 Å². The molecule has 0 aliphatic carbocycles. The van der Waals surface area contributed by atoms with E-state index in [-0.39, 0.29) is 0 Å². The van der Waals surface area contributed by atoms with Crippen molar-refractivity contribution in [1.29, 1.82) is 0 Å². The molecule has 0 spiro atoms. The van der Waals surface area contributed by atoms with Crippen molar-refractivity contribution in [3.63, 3.8) is 0 Å². The van der Waals surface area contributed by atoms with E-state index in [1.165, 1.54) is 16.3 Å². The Labute approximate surface area is 58.8 Å². The Balaban J connectivity index is 0. The molecule has 0 aliphatic rings. The standard InChI is InChI=1S/2BrH.Li.Zn/h2*1H;;/q;;2*+1/p-2. The van der Waals surface area contributed by atoms with Crippen LogP contribution in [0.15, 0.2) is 0 Å². The van der Waals surface area contributed by atoms with Crippen LogP contribution in [0.2, 0.25) is 0 Å². The molecule has 0 aromatic rings. The predicted octanol–water partition coefficient (Wildman–Crippen LogP) is 1.31. The number of hydrogen-bond donors (Lipinski definition) is 0.